The van der Waals surface area contributed by atoms with Gasteiger partial charge in [0.25, 0.3) is 5.91 Å². The average molecular weight is 527 g/mol. The monoisotopic (exact) mass is 526 g/mol. The molecular formula is C22H27ClN4O5S2. The molecule has 1 amide bonds. The normalized spacial score (nSPS) is 13.2. The molecule has 0 spiro atoms. The highest BCUT2D eigenvalue weighted by Gasteiger charge is 2.24. The molecule has 3 aromatic rings. The van der Waals surface area contributed by atoms with Gasteiger partial charge in [-0.1, -0.05) is 11.3 Å². The van der Waals surface area contributed by atoms with Crippen LogP contribution in [0.1, 0.15) is 10.4 Å². The summed E-state index contributed by atoms with van der Waals surface area (Å²) in [6.45, 7) is 2.05. The number of anilines is 1. The number of halogens is 1. The van der Waals surface area contributed by atoms with E-state index in [2.05, 4.69) is 0 Å². The number of fused-ring (bicyclic) bond motifs is 2. The van der Waals surface area contributed by atoms with E-state index < -0.39 is 10.0 Å². The van der Waals surface area contributed by atoms with Crippen LogP contribution in [0, 0.1) is 0 Å². The molecule has 4 rings (SSSR count). The number of ether oxygens (including phenoxy) is 2. The maximum atomic E-state index is 13.5. The lowest BCUT2D eigenvalue weighted by Gasteiger charge is -2.22. The molecule has 0 bridgehead atoms. The molecule has 0 unspecified atom stereocenters. The predicted octanol–water partition coefficient (Wildman–Crippen LogP) is 2.95. The molecule has 0 N–H and O–H groups in total. The molecule has 0 atom stereocenters. The molecule has 34 heavy (non-hydrogen) atoms. The second-order valence-electron chi connectivity index (χ2n) is 8.03. The molecule has 1 aliphatic rings. The van der Waals surface area contributed by atoms with Gasteiger partial charge in [-0.3, -0.25) is 9.69 Å². The minimum Gasteiger partial charge on any atom is -0.486 e. The molecule has 0 aliphatic carbocycles. The lowest BCUT2D eigenvalue weighted by Crippen LogP contribution is -2.36. The van der Waals surface area contributed by atoms with Crippen LogP contribution in [0.5, 0.6) is 11.5 Å². The highest BCUT2D eigenvalue weighted by molar-refractivity contribution is 7.89. The third kappa shape index (κ3) is 5.28. The van der Waals surface area contributed by atoms with Crippen molar-refractivity contribution in [2.75, 3.05) is 59.4 Å². The summed E-state index contributed by atoms with van der Waals surface area (Å²) in [4.78, 5) is 21.9. The third-order valence-corrected chi connectivity index (χ3v) is 8.04. The molecule has 9 nitrogen and oxygen atoms in total. The Bertz CT molecular complexity index is 1230. The van der Waals surface area contributed by atoms with Gasteiger partial charge in [0.1, 0.15) is 13.2 Å². The molecule has 1 aliphatic heterocycles. The van der Waals surface area contributed by atoms with Crippen molar-refractivity contribution in [2.45, 2.75) is 4.90 Å². The van der Waals surface area contributed by atoms with Gasteiger partial charge in [0.05, 0.1) is 15.1 Å². The summed E-state index contributed by atoms with van der Waals surface area (Å²) >= 11 is 1.40. The second-order valence-corrected chi connectivity index (χ2v) is 11.2. The highest BCUT2D eigenvalue weighted by atomic mass is 35.5. The van der Waals surface area contributed by atoms with Gasteiger partial charge in [0.2, 0.25) is 10.0 Å². The van der Waals surface area contributed by atoms with Crippen LogP contribution < -0.4 is 14.4 Å². The van der Waals surface area contributed by atoms with E-state index in [4.69, 9.17) is 14.5 Å². The van der Waals surface area contributed by atoms with E-state index in [0.717, 1.165) is 14.5 Å². The molecular weight excluding hydrogens is 500 g/mol. The first-order valence-electron chi connectivity index (χ1n) is 10.4. The Kier molecular flexibility index (Phi) is 8.04. The van der Waals surface area contributed by atoms with Crippen molar-refractivity contribution in [3.8, 4) is 11.5 Å². The summed E-state index contributed by atoms with van der Waals surface area (Å²) in [5, 5.41) is 0.559. The number of rotatable bonds is 7. The minimum absolute atomic E-state index is 0. The second kappa shape index (κ2) is 10.4. The summed E-state index contributed by atoms with van der Waals surface area (Å²) in [6.07, 6.45) is 0. The molecule has 1 aromatic heterocycles. The number of hydrogen-bond acceptors (Lipinski definition) is 8. The number of aromatic nitrogens is 1. The number of carbonyl (C=O) groups is 1. The average Bonchev–Trinajstić information content (AvgIpc) is 3.19. The Balaban J connectivity index is 0.00000324. The summed E-state index contributed by atoms with van der Waals surface area (Å²) < 4.78 is 38.1. The number of hydrogen-bond donors (Lipinski definition) is 0. The van der Waals surface area contributed by atoms with Crippen LogP contribution >= 0.6 is 23.7 Å². The standard InChI is InChI=1S/C22H26N4O5S2.ClH/c1-24(2)9-10-26(21(27)15-5-7-16(8-6-15)33(28,29)25(3)4)22-23-17-13-18-19(14-20(17)32-22)31-12-11-30-18;/h5-8,13-14H,9-12H2,1-4H3;1H. The zero-order valence-corrected chi connectivity index (χ0v) is 21.8. The quantitative estimate of drug-likeness (QED) is 0.467. The predicted molar refractivity (Wildman–Crippen MR) is 135 cm³/mol. The van der Waals surface area contributed by atoms with Gasteiger partial charge < -0.3 is 14.4 Å². The van der Waals surface area contributed by atoms with Gasteiger partial charge in [-0.25, -0.2) is 17.7 Å². The smallest absolute Gasteiger partial charge is 0.260 e. The Morgan fingerprint density at radius 1 is 1.00 bits per heavy atom. The Hall–Kier alpha value is -2.44. The van der Waals surface area contributed by atoms with Gasteiger partial charge in [-0.15, -0.1) is 12.4 Å². The van der Waals surface area contributed by atoms with Crippen LogP contribution in [0.15, 0.2) is 41.3 Å². The number of amides is 1. The maximum Gasteiger partial charge on any atom is 0.260 e. The number of nitrogens with zero attached hydrogens (tertiary/aromatic N) is 4. The fourth-order valence-corrected chi connectivity index (χ4v) is 5.19. The zero-order chi connectivity index (χ0) is 23.8. The van der Waals surface area contributed by atoms with E-state index in [-0.39, 0.29) is 23.2 Å². The zero-order valence-electron chi connectivity index (χ0n) is 19.3. The lowest BCUT2D eigenvalue weighted by molar-refractivity contribution is 0.0985. The Morgan fingerprint density at radius 2 is 1.62 bits per heavy atom. The first kappa shape index (κ1) is 26.2. The lowest BCUT2D eigenvalue weighted by atomic mass is 10.2. The van der Waals surface area contributed by atoms with Crippen LogP contribution in [0.25, 0.3) is 10.2 Å². The van der Waals surface area contributed by atoms with Crippen LogP contribution in [-0.2, 0) is 10.0 Å². The van der Waals surface area contributed by atoms with E-state index in [1.807, 2.05) is 31.1 Å². The number of likely N-dealkylation sites (N-methyl/N-ethyl adjacent to an activating group) is 1. The number of thiazole rings is 1. The molecule has 2 heterocycles. The molecule has 12 heteroatoms. The van der Waals surface area contributed by atoms with Crippen molar-refractivity contribution < 1.29 is 22.7 Å². The minimum atomic E-state index is -3.57. The van der Waals surface area contributed by atoms with E-state index in [0.29, 0.717) is 48.5 Å². The molecule has 0 radical (unpaired) electrons. The number of benzene rings is 2. The molecule has 2 aromatic carbocycles. The van der Waals surface area contributed by atoms with Gasteiger partial charge in [-0.05, 0) is 38.4 Å². The number of carbonyl (C=O) groups excluding carboxylic acids is 1. The van der Waals surface area contributed by atoms with Gasteiger partial charge in [-0.2, -0.15) is 0 Å². The van der Waals surface area contributed by atoms with Crippen LogP contribution in [0.2, 0.25) is 0 Å². The summed E-state index contributed by atoms with van der Waals surface area (Å²) in [5.41, 5.74) is 1.12. The summed E-state index contributed by atoms with van der Waals surface area (Å²) in [5.74, 6) is 1.07. The summed E-state index contributed by atoms with van der Waals surface area (Å²) in [7, 11) is 3.24. The van der Waals surface area contributed by atoms with E-state index in [1.54, 1.807) is 4.90 Å². The van der Waals surface area contributed by atoms with E-state index >= 15 is 0 Å². The number of sulfonamides is 1. The first-order valence-corrected chi connectivity index (χ1v) is 12.6. The largest absolute Gasteiger partial charge is 0.486 e. The van der Waals surface area contributed by atoms with E-state index in [9.17, 15) is 13.2 Å². The topological polar surface area (TPSA) is 92.3 Å². The van der Waals surface area contributed by atoms with E-state index in [1.165, 1.54) is 49.7 Å². The van der Waals surface area contributed by atoms with Crippen molar-refractivity contribution in [3.05, 3.63) is 42.0 Å². The van der Waals surface area contributed by atoms with Gasteiger partial charge in [0, 0.05) is 44.9 Å². The van der Waals surface area contributed by atoms with Crippen molar-refractivity contribution in [1.29, 1.82) is 0 Å². The van der Waals surface area contributed by atoms with Crippen LogP contribution in [0.3, 0.4) is 0 Å². The van der Waals surface area contributed by atoms with Crippen molar-refractivity contribution in [1.82, 2.24) is 14.2 Å². The third-order valence-electron chi connectivity index (χ3n) is 5.17. The Morgan fingerprint density at radius 3 is 2.21 bits per heavy atom. The first-order chi connectivity index (χ1) is 15.7. The SMILES string of the molecule is CN(C)CCN(C(=O)c1ccc(S(=O)(=O)N(C)C)cc1)c1nc2cc3c(cc2s1)OCCO3.Cl. The van der Waals surface area contributed by atoms with Crippen molar-refractivity contribution >= 4 is 55.0 Å². The van der Waals surface area contributed by atoms with Crippen molar-refractivity contribution in [3.63, 3.8) is 0 Å². The molecule has 0 saturated carbocycles. The molecule has 184 valence electrons. The fourth-order valence-electron chi connectivity index (χ4n) is 3.29. The maximum absolute atomic E-state index is 13.5. The van der Waals surface area contributed by atoms with Crippen molar-refractivity contribution in [2.24, 2.45) is 0 Å². The highest BCUT2D eigenvalue weighted by Crippen LogP contribution is 2.39. The van der Waals surface area contributed by atoms with Gasteiger partial charge >= 0.3 is 0 Å². The van der Waals surface area contributed by atoms with Crippen LogP contribution in [-0.4, -0.2) is 83.0 Å². The fraction of sp³-hybridized carbons (Fsp3) is 0.364. The molecule has 0 saturated heterocycles. The summed E-state index contributed by atoms with van der Waals surface area (Å²) in [6, 6.07) is 9.70. The van der Waals surface area contributed by atoms with Gasteiger partial charge in [0.15, 0.2) is 16.6 Å². The Labute approximate surface area is 209 Å². The molecule has 0 fully saturated rings. The van der Waals surface area contributed by atoms with Crippen LogP contribution in [0.4, 0.5) is 5.13 Å².